The summed E-state index contributed by atoms with van der Waals surface area (Å²) in [5.41, 5.74) is 5.39. The Bertz CT molecular complexity index is 511. The maximum atomic E-state index is 13.3. The van der Waals surface area contributed by atoms with Gasteiger partial charge in [-0.15, -0.1) is 0 Å². The minimum atomic E-state index is -1.33. The van der Waals surface area contributed by atoms with Crippen LogP contribution in [0.25, 0.3) is 11.1 Å². The highest BCUT2D eigenvalue weighted by Gasteiger charge is 2.17. The van der Waals surface area contributed by atoms with Crippen molar-refractivity contribution in [3.63, 3.8) is 0 Å². The first kappa shape index (κ1) is 9.45. The van der Waals surface area contributed by atoms with E-state index in [9.17, 15) is 8.78 Å². The van der Waals surface area contributed by atoms with Gasteiger partial charge in [0.2, 0.25) is 11.7 Å². The van der Waals surface area contributed by atoms with Gasteiger partial charge >= 0.3 is 0 Å². The number of aromatic nitrogens is 1. The number of nitrogens with two attached hydrogens (primary N) is 1. The van der Waals surface area contributed by atoms with Crippen molar-refractivity contribution >= 4 is 5.88 Å². The Hall–Kier alpha value is -2.11. The zero-order valence-electron chi connectivity index (χ0n) is 7.37. The number of aromatic hydroxyl groups is 1. The maximum Gasteiger partial charge on any atom is 0.230 e. The van der Waals surface area contributed by atoms with E-state index in [0.717, 1.165) is 6.07 Å². The van der Waals surface area contributed by atoms with E-state index in [4.69, 9.17) is 10.8 Å². The third-order valence-corrected chi connectivity index (χ3v) is 1.95. The monoisotopic (exact) mass is 212 g/mol. The highest BCUT2D eigenvalue weighted by atomic mass is 19.2. The fourth-order valence-electron chi connectivity index (χ4n) is 1.20. The molecule has 1 aromatic heterocycles. The van der Waals surface area contributed by atoms with E-state index < -0.39 is 17.4 Å². The first-order valence-electron chi connectivity index (χ1n) is 3.98. The minimum Gasteiger partial charge on any atom is -0.505 e. The van der Waals surface area contributed by atoms with Crippen LogP contribution in [-0.2, 0) is 0 Å². The summed E-state index contributed by atoms with van der Waals surface area (Å²) < 4.78 is 30.9. The van der Waals surface area contributed by atoms with Gasteiger partial charge in [-0.1, -0.05) is 5.16 Å². The van der Waals surface area contributed by atoms with Crippen LogP contribution < -0.4 is 5.73 Å². The molecular weight excluding hydrogens is 206 g/mol. The van der Waals surface area contributed by atoms with Gasteiger partial charge in [0.25, 0.3) is 0 Å². The van der Waals surface area contributed by atoms with Crippen molar-refractivity contribution in [3.8, 4) is 16.9 Å². The maximum absolute atomic E-state index is 13.3. The van der Waals surface area contributed by atoms with Gasteiger partial charge in [0.05, 0.1) is 11.8 Å². The van der Waals surface area contributed by atoms with Crippen molar-refractivity contribution in [2.45, 2.75) is 0 Å². The van der Waals surface area contributed by atoms with Gasteiger partial charge in [0, 0.05) is 5.56 Å². The summed E-state index contributed by atoms with van der Waals surface area (Å²) in [6, 6.07) is 2.22. The van der Waals surface area contributed by atoms with Crippen LogP contribution in [0.2, 0.25) is 0 Å². The number of hydrogen-bond acceptors (Lipinski definition) is 4. The summed E-state index contributed by atoms with van der Waals surface area (Å²) >= 11 is 0. The second-order valence-corrected chi connectivity index (χ2v) is 2.86. The second-order valence-electron chi connectivity index (χ2n) is 2.86. The molecule has 6 heteroatoms. The highest BCUT2D eigenvalue weighted by Crippen LogP contribution is 2.31. The van der Waals surface area contributed by atoms with E-state index in [2.05, 4.69) is 9.68 Å². The lowest BCUT2D eigenvalue weighted by Gasteiger charge is -2.02. The van der Waals surface area contributed by atoms with Gasteiger partial charge in [-0.3, -0.25) is 0 Å². The molecule has 0 aliphatic heterocycles. The summed E-state index contributed by atoms with van der Waals surface area (Å²) in [6.07, 6.45) is 1.17. The Balaban J connectivity index is 2.65. The van der Waals surface area contributed by atoms with Gasteiger partial charge in [-0.25, -0.2) is 4.39 Å². The van der Waals surface area contributed by atoms with Gasteiger partial charge in [0.1, 0.15) is 0 Å². The molecule has 3 N–H and O–H groups in total. The zero-order chi connectivity index (χ0) is 11.0. The Labute approximate surface area is 82.9 Å². The minimum absolute atomic E-state index is 0.107. The molecule has 0 bridgehead atoms. The van der Waals surface area contributed by atoms with Crippen LogP contribution in [0, 0.1) is 11.6 Å². The molecule has 0 saturated carbocycles. The van der Waals surface area contributed by atoms with Crippen LogP contribution in [0.5, 0.6) is 5.75 Å². The molecular formula is C9H6F2N2O2. The molecule has 0 spiro atoms. The molecule has 0 fully saturated rings. The summed E-state index contributed by atoms with van der Waals surface area (Å²) in [5, 5.41) is 12.2. The second kappa shape index (κ2) is 3.23. The van der Waals surface area contributed by atoms with Crippen molar-refractivity contribution < 1.29 is 18.4 Å². The first-order valence-corrected chi connectivity index (χ1v) is 3.98. The average molecular weight is 212 g/mol. The average Bonchev–Trinajstić information content (AvgIpc) is 2.62. The van der Waals surface area contributed by atoms with Crippen LogP contribution in [-0.4, -0.2) is 10.3 Å². The van der Waals surface area contributed by atoms with Gasteiger partial charge in [-0.2, -0.15) is 4.39 Å². The number of phenolic OH excluding ortho intramolecular Hbond substituents is 1. The number of phenols is 1. The molecule has 0 aliphatic rings. The molecule has 0 saturated heterocycles. The number of anilines is 1. The van der Waals surface area contributed by atoms with Crippen LogP contribution in [0.15, 0.2) is 22.9 Å². The topological polar surface area (TPSA) is 72.3 Å². The van der Waals surface area contributed by atoms with E-state index in [1.165, 1.54) is 12.3 Å². The van der Waals surface area contributed by atoms with Crippen molar-refractivity contribution in [2.24, 2.45) is 0 Å². The lowest BCUT2D eigenvalue weighted by atomic mass is 10.1. The third kappa shape index (κ3) is 1.39. The smallest absolute Gasteiger partial charge is 0.230 e. The predicted molar refractivity (Wildman–Crippen MR) is 47.9 cm³/mol. The summed E-state index contributed by atoms with van der Waals surface area (Å²) in [6.45, 7) is 0. The van der Waals surface area contributed by atoms with Crippen LogP contribution in [0.4, 0.5) is 14.7 Å². The molecule has 1 heterocycles. The number of nitrogens with zero attached hydrogens (tertiary/aromatic N) is 1. The molecule has 15 heavy (non-hydrogen) atoms. The number of nitrogen functional groups attached to an aromatic ring is 1. The standard InChI is InChI=1S/C9H6F2N2O2/c10-7-4(1-2-6(14)8(7)11)5-3-13-15-9(5)12/h1-3,14H,12H2. The molecule has 78 valence electrons. The molecule has 0 radical (unpaired) electrons. The highest BCUT2D eigenvalue weighted by molar-refractivity contribution is 5.72. The zero-order valence-corrected chi connectivity index (χ0v) is 7.37. The van der Waals surface area contributed by atoms with Crippen LogP contribution in [0.1, 0.15) is 0 Å². The molecule has 0 amide bonds. The van der Waals surface area contributed by atoms with Crippen molar-refractivity contribution in [3.05, 3.63) is 30.0 Å². The Morgan fingerprint density at radius 1 is 1.20 bits per heavy atom. The number of rotatable bonds is 1. The van der Waals surface area contributed by atoms with Gasteiger partial charge < -0.3 is 15.4 Å². The van der Waals surface area contributed by atoms with E-state index in [-0.39, 0.29) is 17.0 Å². The van der Waals surface area contributed by atoms with Crippen molar-refractivity contribution in [2.75, 3.05) is 5.73 Å². The third-order valence-electron chi connectivity index (χ3n) is 1.95. The molecule has 2 aromatic rings. The van der Waals surface area contributed by atoms with E-state index >= 15 is 0 Å². The number of benzene rings is 1. The van der Waals surface area contributed by atoms with Gasteiger partial charge in [-0.05, 0) is 12.1 Å². The first-order chi connectivity index (χ1) is 7.11. The van der Waals surface area contributed by atoms with Crippen LogP contribution >= 0.6 is 0 Å². The fraction of sp³-hybridized carbons (Fsp3) is 0. The summed E-state index contributed by atoms with van der Waals surface area (Å²) in [4.78, 5) is 0. The van der Waals surface area contributed by atoms with E-state index in [1.807, 2.05) is 0 Å². The molecule has 0 aliphatic carbocycles. The lowest BCUT2D eigenvalue weighted by molar-refractivity contribution is 0.408. The Morgan fingerprint density at radius 2 is 1.93 bits per heavy atom. The summed E-state index contributed by atoms with van der Waals surface area (Å²) in [7, 11) is 0. The molecule has 4 nitrogen and oxygen atoms in total. The molecule has 2 rings (SSSR count). The van der Waals surface area contributed by atoms with E-state index in [0.29, 0.717) is 0 Å². The lowest BCUT2D eigenvalue weighted by Crippen LogP contribution is -1.92. The normalized spacial score (nSPS) is 10.5. The Kier molecular flexibility index (Phi) is 2.03. The number of hydrogen-bond donors (Lipinski definition) is 2. The molecule has 1 aromatic carbocycles. The Morgan fingerprint density at radius 3 is 2.53 bits per heavy atom. The quantitative estimate of drug-likeness (QED) is 0.757. The van der Waals surface area contributed by atoms with Gasteiger partial charge in [0.15, 0.2) is 11.6 Å². The SMILES string of the molecule is Nc1oncc1-c1ccc(O)c(F)c1F. The number of halogens is 2. The fourth-order valence-corrected chi connectivity index (χ4v) is 1.20. The molecule has 0 unspecified atom stereocenters. The predicted octanol–water partition coefficient (Wildman–Crippen LogP) is 1.91. The van der Waals surface area contributed by atoms with Crippen molar-refractivity contribution in [1.82, 2.24) is 5.16 Å². The largest absolute Gasteiger partial charge is 0.505 e. The van der Waals surface area contributed by atoms with Crippen LogP contribution in [0.3, 0.4) is 0 Å². The van der Waals surface area contributed by atoms with E-state index in [1.54, 1.807) is 0 Å². The summed E-state index contributed by atoms with van der Waals surface area (Å²) in [5.74, 6) is -3.39. The molecule has 0 atom stereocenters. The van der Waals surface area contributed by atoms with Crippen molar-refractivity contribution in [1.29, 1.82) is 0 Å².